The van der Waals surface area contributed by atoms with E-state index in [2.05, 4.69) is 4.98 Å². The van der Waals surface area contributed by atoms with Gasteiger partial charge in [-0.3, -0.25) is 0 Å². The Balaban J connectivity index is 1.90. The fourth-order valence-electron chi connectivity index (χ4n) is 1.65. The molecule has 2 aromatic carbocycles. The summed E-state index contributed by atoms with van der Waals surface area (Å²) in [6.07, 6.45) is 0. The molecule has 0 atom stereocenters. The van der Waals surface area contributed by atoms with Crippen molar-refractivity contribution >= 4 is 17.1 Å². The monoisotopic (exact) mass is 255 g/mol. The first-order valence-corrected chi connectivity index (χ1v) is 5.60. The summed E-state index contributed by atoms with van der Waals surface area (Å²) in [6, 6.07) is 13.2. The van der Waals surface area contributed by atoms with E-state index in [0.29, 0.717) is 11.1 Å². The number of rotatable bonds is 2. The Morgan fingerprint density at radius 2 is 1.84 bits per heavy atom. The Labute approximate surface area is 108 Å². The first-order valence-electron chi connectivity index (χ1n) is 5.60. The van der Waals surface area contributed by atoms with Crippen LogP contribution in [0.4, 0.5) is 0 Å². The van der Waals surface area contributed by atoms with Gasteiger partial charge in [-0.15, -0.1) is 0 Å². The minimum absolute atomic E-state index is 0.0646. The molecule has 3 rings (SSSR count). The highest BCUT2D eigenvalue weighted by Gasteiger charge is 2.17. The zero-order chi connectivity index (χ0) is 13.2. The highest BCUT2D eigenvalue weighted by molar-refractivity contribution is 5.89. The van der Waals surface area contributed by atoms with Gasteiger partial charge < -0.3 is 14.3 Å². The number of aromatic hydroxyl groups is 1. The fraction of sp³-hybridized carbons (Fsp3) is 0. The van der Waals surface area contributed by atoms with Crippen LogP contribution in [0.15, 0.2) is 52.9 Å². The molecule has 0 spiro atoms. The van der Waals surface area contributed by atoms with Crippen molar-refractivity contribution in [1.29, 1.82) is 0 Å². The molecule has 0 saturated heterocycles. The third kappa shape index (κ3) is 2.13. The van der Waals surface area contributed by atoms with E-state index in [9.17, 15) is 9.90 Å². The lowest BCUT2D eigenvalue weighted by molar-refractivity contribution is 0.0690. The molecule has 0 aliphatic heterocycles. The number of phenolic OH excluding ortho intramolecular Hbond substituents is 1. The van der Waals surface area contributed by atoms with Gasteiger partial charge in [0, 0.05) is 0 Å². The molecule has 0 radical (unpaired) electrons. The van der Waals surface area contributed by atoms with E-state index in [1.165, 1.54) is 12.1 Å². The maximum Gasteiger partial charge on any atom is 0.400 e. The molecule has 0 aliphatic rings. The summed E-state index contributed by atoms with van der Waals surface area (Å²) < 4.78 is 10.3. The number of carbonyl (C=O) groups excluding carboxylic acids is 1. The van der Waals surface area contributed by atoms with Gasteiger partial charge in [-0.2, -0.15) is 0 Å². The zero-order valence-corrected chi connectivity index (χ0v) is 9.74. The molecule has 3 aromatic rings. The highest BCUT2D eigenvalue weighted by atomic mass is 16.6. The lowest BCUT2D eigenvalue weighted by Crippen LogP contribution is -2.08. The largest absolute Gasteiger partial charge is 0.504 e. The summed E-state index contributed by atoms with van der Waals surface area (Å²) in [5, 5.41) is 9.52. The van der Waals surface area contributed by atoms with Crippen LogP contribution in [0, 0.1) is 0 Å². The Kier molecular flexibility index (Phi) is 2.64. The molecule has 94 valence electrons. The minimum Gasteiger partial charge on any atom is -0.504 e. The number of carbonyl (C=O) groups is 1. The third-order valence-electron chi connectivity index (χ3n) is 2.54. The summed E-state index contributed by atoms with van der Waals surface area (Å²) in [7, 11) is 0. The fourth-order valence-corrected chi connectivity index (χ4v) is 1.65. The number of oxazole rings is 1. The third-order valence-corrected chi connectivity index (χ3v) is 2.54. The number of aromatic nitrogens is 1. The predicted molar refractivity (Wildman–Crippen MR) is 67.1 cm³/mol. The average Bonchev–Trinajstić information content (AvgIpc) is 2.85. The number of hydrogen-bond acceptors (Lipinski definition) is 5. The lowest BCUT2D eigenvalue weighted by Gasteiger charge is -2.02. The van der Waals surface area contributed by atoms with Crippen LogP contribution in [0.2, 0.25) is 0 Å². The smallest absolute Gasteiger partial charge is 0.400 e. The number of nitrogens with zero attached hydrogens (tertiary/aromatic N) is 1. The van der Waals surface area contributed by atoms with Gasteiger partial charge in [0.1, 0.15) is 5.52 Å². The molecule has 1 N–H and O–H groups in total. The number of esters is 1. The Morgan fingerprint density at radius 1 is 1.11 bits per heavy atom. The number of ether oxygens (including phenoxy) is 1. The van der Waals surface area contributed by atoms with Crippen molar-refractivity contribution in [3.8, 4) is 11.5 Å². The summed E-state index contributed by atoms with van der Waals surface area (Å²) >= 11 is 0. The molecular weight excluding hydrogens is 246 g/mol. The molecule has 19 heavy (non-hydrogen) atoms. The first kappa shape index (κ1) is 11.3. The van der Waals surface area contributed by atoms with E-state index in [-0.39, 0.29) is 17.4 Å². The molecular formula is C14H9NO4. The standard InChI is InChI=1S/C14H9NO4/c16-10-6-2-4-8-12(10)19-14(17)13-15-9-5-1-3-7-11(9)18-13/h1-8,16H. The van der Waals surface area contributed by atoms with E-state index in [0.717, 1.165) is 0 Å². The topological polar surface area (TPSA) is 72.6 Å². The SMILES string of the molecule is O=C(Oc1ccccc1O)c1nc2ccccc2o1. The maximum atomic E-state index is 11.8. The van der Waals surface area contributed by atoms with Crippen molar-refractivity contribution in [3.05, 3.63) is 54.4 Å². The highest BCUT2D eigenvalue weighted by Crippen LogP contribution is 2.25. The van der Waals surface area contributed by atoms with Crippen LogP contribution in [0.5, 0.6) is 11.5 Å². The van der Waals surface area contributed by atoms with Crippen molar-refractivity contribution in [2.45, 2.75) is 0 Å². The normalized spacial score (nSPS) is 10.5. The van der Waals surface area contributed by atoms with E-state index < -0.39 is 5.97 Å². The summed E-state index contributed by atoms with van der Waals surface area (Å²) in [5.41, 5.74) is 1.08. The summed E-state index contributed by atoms with van der Waals surface area (Å²) in [4.78, 5) is 15.9. The van der Waals surface area contributed by atoms with Crippen molar-refractivity contribution in [1.82, 2.24) is 4.98 Å². The molecule has 0 aliphatic carbocycles. The Bertz CT molecular complexity index is 715. The Morgan fingerprint density at radius 3 is 2.63 bits per heavy atom. The second-order valence-electron chi connectivity index (χ2n) is 3.84. The van der Waals surface area contributed by atoms with Crippen molar-refractivity contribution < 1.29 is 19.1 Å². The molecule has 0 unspecified atom stereocenters. The molecule has 5 nitrogen and oxygen atoms in total. The quantitative estimate of drug-likeness (QED) is 0.563. The van der Waals surface area contributed by atoms with Crippen LogP contribution in [-0.2, 0) is 0 Å². The molecule has 5 heteroatoms. The predicted octanol–water partition coefficient (Wildman–Crippen LogP) is 2.75. The van der Waals surface area contributed by atoms with E-state index in [4.69, 9.17) is 9.15 Å². The van der Waals surface area contributed by atoms with Crippen molar-refractivity contribution in [3.63, 3.8) is 0 Å². The van der Waals surface area contributed by atoms with Gasteiger partial charge in [-0.05, 0) is 24.3 Å². The zero-order valence-electron chi connectivity index (χ0n) is 9.74. The molecule has 0 amide bonds. The van der Waals surface area contributed by atoms with Crippen LogP contribution in [0.25, 0.3) is 11.1 Å². The van der Waals surface area contributed by atoms with Gasteiger partial charge >= 0.3 is 11.9 Å². The maximum absolute atomic E-state index is 11.8. The summed E-state index contributed by atoms with van der Waals surface area (Å²) in [5.74, 6) is -0.955. The van der Waals surface area contributed by atoms with E-state index in [1.807, 2.05) is 0 Å². The lowest BCUT2D eigenvalue weighted by atomic mass is 10.3. The van der Waals surface area contributed by atoms with E-state index >= 15 is 0 Å². The van der Waals surface area contributed by atoms with Gasteiger partial charge in [0.25, 0.3) is 0 Å². The van der Waals surface area contributed by atoms with Crippen LogP contribution < -0.4 is 4.74 Å². The molecule has 0 fully saturated rings. The summed E-state index contributed by atoms with van der Waals surface area (Å²) in [6.45, 7) is 0. The number of benzene rings is 2. The number of phenols is 1. The second kappa shape index (κ2) is 4.45. The van der Waals surface area contributed by atoms with Crippen LogP contribution in [0.1, 0.15) is 10.7 Å². The molecule has 0 bridgehead atoms. The van der Waals surface area contributed by atoms with Gasteiger partial charge in [0.05, 0.1) is 0 Å². The van der Waals surface area contributed by atoms with Gasteiger partial charge in [-0.25, -0.2) is 9.78 Å². The first-order chi connectivity index (χ1) is 9.24. The molecule has 1 aromatic heterocycles. The van der Waals surface area contributed by atoms with Crippen LogP contribution >= 0.6 is 0 Å². The number of hydrogen-bond donors (Lipinski definition) is 1. The van der Waals surface area contributed by atoms with Gasteiger partial charge in [0.2, 0.25) is 0 Å². The molecule has 0 saturated carbocycles. The van der Waals surface area contributed by atoms with Gasteiger partial charge in [0.15, 0.2) is 17.1 Å². The van der Waals surface area contributed by atoms with Gasteiger partial charge in [-0.1, -0.05) is 24.3 Å². The van der Waals surface area contributed by atoms with Crippen molar-refractivity contribution in [2.75, 3.05) is 0 Å². The number of fused-ring (bicyclic) bond motifs is 1. The minimum atomic E-state index is -0.752. The average molecular weight is 255 g/mol. The molecule has 1 heterocycles. The number of para-hydroxylation sites is 4. The van der Waals surface area contributed by atoms with Crippen LogP contribution in [0.3, 0.4) is 0 Å². The van der Waals surface area contributed by atoms with Crippen LogP contribution in [-0.4, -0.2) is 16.1 Å². The Hall–Kier alpha value is -2.82. The second-order valence-corrected chi connectivity index (χ2v) is 3.84. The van der Waals surface area contributed by atoms with E-state index in [1.54, 1.807) is 36.4 Å². The van der Waals surface area contributed by atoms with Crippen molar-refractivity contribution in [2.24, 2.45) is 0 Å².